The fraction of sp³-hybridized carbons (Fsp3) is 0.300. The largest absolute Gasteiger partial charge is 0.367 e. The normalized spacial score (nSPS) is 21.5. The molecule has 2 heterocycles. The highest BCUT2D eigenvalue weighted by molar-refractivity contribution is 5.97. The van der Waals surface area contributed by atoms with Crippen LogP contribution in [-0.4, -0.2) is 43.9 Å². The van der Waals surface area contributed by atoms with E-state index < -0.39 is 5.91 Å². The van der Waals surface area contributed by atoms with Gasteiger partial charge in [-0.25, -0.2) is 9.97 Å². The van der Waals surface area contributed by atoms with Crippen LogP contribution in [-0.2, 0) is 0 Å². The minimum absolute atomic E-state index is 0.0523. The lowest BCUT2D eigenvalue weighted by Crippen LogP contribution is -2.55. The molecule has 4 rings (SSSR count). The fourth-order valence-corrected chi connectivity index (χ4v) is 3.89. The number of rotatable bonds is 6. The molecule has 5 N–H and O–H groups in total. The molecular formula is C20H24N8O. The molecule has 29 heavy (non-hydrogen) atoms. The lowest BCUT2D eigenvalue weighted by Gasteiger charge is -2.41. The van der Waals surface area contributed by atoms with Gasteiger partial charge in [-0.05, 0) is 43.5 Å². The van der Waals surface area contributed by atoms with Crippen LogP contribution in [0, 0.1) is 0 Å². The Hall–Kier alpha value is -3.46. The SMILES string of the molecule is NC(=O)c1cccnc1NC1CCC(N(c2ccccc2)n2cncn2)[C@@H](N)C1. The Morgan fingerprint density at radius 1 is 1.17 bits per heavy atom. The maximum Gasteiger partial charge on any atom is 0.252 e. The Bertz CT molecular complexity index is 946. The lowest BCUT2D eigenvalue weighted by molar-refractivity contribution is 0.100. The summed E-state index contributed by atoms with van der Waals surface area (Å²) in [5.41, 5.74) is 13.5. The van der Waals surface area contributed by atoms with E-state index in [1.54, 1.807) is 29.4 Å². The van der Waals surface area contributed by atoms with Crippen molar-refractivity contribution >= 4 is 17.4 Å². The number of hydrogen-bond acceptors (Lipinski definition) is 7. The van der Waals surface area contributed by atoms with E-state index in [9.17, 15) is 4.79 Å². The van der Waals surface area contributed by atoms with Gasteiger partial charge in [0, 0.05) is 18.3 Å². The Labute approximate surface area is 168 Å². The van der Waals surface area contributed by atoms with Crippen molar-refractivity contribution < 1.29 is 4.79 Å². The second-order valence-electron chi connectivity index (χ2n) is 7.15. The van der Waals surface area contributed by atoms with E-state index in [0.717, 1.165) is 24.9 Å². The van der Waals surface area contributed by atoms with Gasteiger partial charge in [0.15, 0.2) is 0 Å². The molecular weight excluding hydrogens is 368 g/mol. The molecule has 9 nitrogen and oxygen atoms in total. The summed E-state index contributed by atoms with van der Waals surface area (Å²) in [6, 6.07) is 13.4. The van der Waals surface area contributed by atoms with Gasteiger partial charge in [-0.15, -0.1) is 5.10 Å². The first-order valence-corrected chi connectivity index (χ1v) is 9.59. The number of aromatic nitrogens is 4. The zero-order chi connectivity index (χ0) is 20.2. The van der Waals surface area contributed by atoms with Crippen LogP contribution in [0.15, 0.2) is 61.3 Å². The van der Waals surface area contributed by atoms with Crippen LogP contribution >= 0.6 is 0 Å². The molecule has 3 aromatic rings. The first-order valence-electron chi connectivity index (χ1n) is 9.59. The van der Waals surface area contributed by atoms with E-state index in [-0.39, 0.29) is 18.1 Å². The number of nitrogens with two attached hydrogens (primary N) is 2. The number of carbonyl (C=O) groups excluding carboxylic acids is 1. The van der Waals surface area contributed by atoms with Gasteiger partial charge in [-0.2, -0.15) is 4.79 Å². The molecule has 2 aromatic heterocycles. The van der Waals surface area contributed by atoms with Crippen LogP contribution in [0.2, 0.25) is 0 Å². The number of hydrogen-bond donors (Lipinski definition) is 3. The molecule has 0 saturated heterocycles. The Morgan fingerprint density at radius 2 is 2.00 bits per heavy atom. The summed E-state index contributed by atoms with van der Waals surface area (Å²) >= 11 is 0. The van der Waals surface area contributed by atoms with Crippen LogP contribution in [0.4, 0.5) is 11.5 Å². The minimum Gasteiger partial charge on any atom is -0.367 e. The Balaban J connectivity index is 1.52. The van der Waals surface area contributed by atoms with Crippen molar-refractivity contribution in [2.45, 2.75) is 37.4 Å². The van der Waals surface area contributed by atoms with Crippen molar-refractivity contribution in [3.63, 3.8) is 0 Å². The van der Waals surface area contributed by atoms with Gasteiger partial charge in [0.25, 0.3) is 5.91 Å². The van der Waals surface area contributed by atoms with E-state index in [1.807, 2.05) is 30.3 Å². The van der Waals surface area contributed by atoms with Crippen LogP contribution in [0.3, 0.4) is 0 Å². The molecule has 1 aromatic carbocycles. The van der Waals surface area contributed by atoms with Crippen molar-refractivity contribution in [1.29, 1.82) is 0 Å². The molecule has 1 aliphatic rings. The molecule has 0 spiro atoms. The summed E-state index contributed by atoms with van der Waals surface area (Å²) in [6.45, 7) is 0. The third-order valence-corrected chi connectivity index (χ3v) is 5.24. The van der Waals surface area contributed by atoms with E-state index >= 15 is 0 Å². The fourth-order valence-electron chi connectivity index (χ4n) is 3.89. The van der Waals surface area contributed by atoms with Crippen LogP contribution < -0.4 is 21.8 Å². The van der Waals surface area contributed by atoms with Crippen LogP contribution in [0.5, 0.6) is 0 Å². The standard InChI is InChI=1S/C20H24N8O/c21-17-11-14(26-20-16(19(22)29)7-4-10-24-20)8-9-18(17)28(27-13-23-12-25-27)15-5-2-1-3-6-15/h1-7,10,12-14,17-18H,8-9,11,21H2,(H2,22,29)(H,24,26)/t14?,17-,18?/m0/s1. The van der Waals surface area contributed by atoms with Crippen molar-refractivity contribution in [3.05, 3.63) is 66.9 Å². The molecule has 1 aliphatic carbocycles. The number of amides is 1. The number of carbonyl (C=O) groups is 1. The average Bonchev–Trinajstić information content (AvgIpc) is 3.25. The predicted octanol–water partition coefficient (Wildman–Crippen LogP) is 1.40. The molecule has 1 saturated carbocycles. The molecule has 2 unspecified atom stereocenters. The number of anilines is 2. The van der Waals surface area contributed by atoms with E-state index in [4.69, 9.17) is 11.5 Å². The summed E-state index contributed by atoms with van der Waals surface area (Å²) < 4.78 is 0. The van der Waals surface area contributed by atoms with Gasteiger partial charge in [-0.3, -0.25) is 9.80 Å². The molecule has 0 aliphatic heterocycles. The minimum atomic E-state index is -0.500. The van der Waals surface area contributed by atoms with E-state index in [1.165, 1.54) is 6.33 Å². The third-order valence-electron chi connectivity index (χ3n) is 5.24. The first-order chi connectivity index (χ1) is 14.1. The molecule has 9 heteroatoms. The maximum atomic E-state index is 11.7. The van der Waals surface area contributed by atoms with Crippen LogP contribution in [0.1, 0.15) is 29.6 Å². The van der Waals surface area contributed by atoms with Crippen molar-refractivity contribution in [2.75, 3.05) is 10.3 Å². The number of primary amides is 1. The number of nitrogens with zero attached hydrogens (tertiary/aromatic N) is 5. The van der Waals surface area contributed by atoms with E-state index in [0.29, 0.717) is 11.4 Å². The van der Waals surface area contributed by atoms with Crippen molar-refractivity contribution in [2.24, 2.45) is 11.5 Å². The van der Waals surface area contributed by atoms with Crippen molar-refractivity contribution in [3.8, 4) is 0 Å². The second kappa shape index (κ2) is 8.27. The highest BCUT2D eigenvalue weighted by atomic mass is 16.1. The van der Waals surface area contributed by atoms with Gasteiger partial charge < -0.3 is 16.8 Å². The number of benzene rings is 1. The summed E-state index contributed by atoms with van der Waals surface area (Å²) in [5, 5.41) is 9.76. The first kappa shape index (κ1) is 18.9. The van der Waals surface area contributed by atoms with Crippen LogP contribution in [0.25, 0.3) is 0 Å². The average molecular weight is 392 g/mol. The Morgan fingerprint density at radius 3 is 2.69 bits per heavy atom. The zero-order valence-corrected chi connectivity index (χ0v) is 15.9. The third kappa shape index (κ3) is 4.04. The topological polar surface area (TPSA) is 128 Å². The maximum absolute atomic E-state index is 11.7. The number of nitrogens with one attached hydrogen (secondary N) is 1. The number of para-hydroxylation sites is 1. The molecule has 1 fully saturated rings. The Kier molecular flexibility index (Phi) is 5.39. The van der Waals surface area contributed by atoms with E-state index in [2.05, 4.69) is 25.4 Å². The van der Waals surface area contributed by atoms with Gasteiger partial charge >= 0.3 is 0 Å². The summed E-state index contributed by atoms with van der Waals surface area (Å²) in [7, 11) is 0. The molecule has 0 radical (unpaired) electrons. The van der Waals surface area contributed by atoms with Gasteiger partial charge in [0.05, 0.1) is 17.3 Å². The smallest absolute Gasteiger partial charge is 0.252 e. The summed E-state index contributed by atoms with van der Waals surface area (Å²) in [5.74, 6) is 0.00635. The summed E-state index contributed by atoms with van der Waals surface area (Å²) in [6.07, 6.45) is 7.26. The van der Waals surface area contributed by atoms with Gasteiger partial charge in [0.2, 0.25) is 0 Å². The number of pyridine rings is 1. The molecule has 0 bridgehead atoms. The monoisotopic (exact) mass is 392 g/mol. The lowest BCUT2D eigenvalue weighted by atomic mass is 9.86. The molecule has 1 amide bonds. The summed E-state index contributed by atoms with van der Waals surface area (Å²) in [4.78, 5) is 21.8. The highest BCUT2D eigenvalue weighted by Gasteiger charge is 2.34. The van der Waals surface area contributed by atoms with Gasteiger partial charge in [0.1, 0.15) is 18.5 Å². The highest BCUT2D eigenvalue weighted by Crippen LogP contribution is 2.29. The van der Waals surface area contributed by atoms with Crippen molar-refractivity contribution in [1.82, 2.24) is 19.9 Å². The second-order valence-corrected chi connectivity index (χ2v) is 7.15. The molecule has 150 valence electrons. The zero-order valence-electron chi connectivity index (χ0n) is 15.9. The molecule has 3 atom stereocenters. The quantitative estimate of drug-likeness (QED) is 0.578. The predicted molar refractivity (Wildman–Crippen MR) is 110 cm³/mol. The van der Waals surface area contributed by atoms with Gasteiger partial charge in [-0.1, -0.05) is 18.2 Å².